The fourth-order valence-corrected chi connectivity index (χ4v) is 4.69. The van der Waals surface area contributed by atoms with Gasteiger partial charge in [0.15, 0.2) is 0 Å². The minimum atomic E-state index is -4.26. The summed E-state index contributed by atoms with van der Waals surface area (Å²) in [5.74, 6) is 0. The molecule has 0 spiro atoms. The van der Waals surface area contributed by atoms with Crippen molar-refractivity contribution in [3.63, 3.8) is 0 Å². The first-order valence-corrected chi connectivity index (χ1v) is 12.1. The number of pyridine rings is 1. The van der Waals surface area contributed by atoms with Gasteiger partial charge in [0.25, 0.3) is 0 Å². The smallest absolute Gasteiger partial charge is 0.398 e. The minimum absolute atomic E-state index is 0.177. The summed E-state index contributed by atoms with van der Waals surface area (Å²) in [7, 11) is 0. The maximum absolute atomic E-state index is 12.7. The number of amides is 2. The molecule has 36 heavy (non-hydrogen) atoms. The Balaban J connectivity index is 0.000000543. The number of urea groups is 1. The van der Waals surface area contributed by atoms with Crippen molar-refractivity contribution in [2.24, 2.45) is 0 Å². The molecule has 1 fully saturated rings. The molecule has 0 radical (unpaired) electrons. The first-order valence-electron chi connectivity index (χ1n) is 11.2. The van der Waals surface area contributed by atoms with E-state index in [-0.39, 0.29) is 30.9 Å². The Morgan fingerprint density at radius 1 is 1.36 bits per heavy atom. The normalized spacial score (nSPS) is 17.5. The van der Waals surface area contributed by atoms with Crippen LogP contribution in [-0.4, -0.2) is 58.4 Å². The number of nitrogens with zero attached hydrogens (tertiary/aromatic N) is 3. The standard InChI is InChI=1S/C21H23F3N6O.C4H2S/c1-12-6-13(2-4-27-12)19(26)16-7-14-9-30(20(31)28-18(14)8-17(16)25)15-3-5-29(10-15)11-21(22,23)24;1-2-4-5-3-1/h2,4,6-8,15,26H,3,5,9-11,25H2,1H3,(H,28,31);1,3H. The van der Waals surface area contributed by atoms with Crippen LogP contribution in [0.25, 0.3) is 0 Å². The molecule has 0 saturated carbocycles. The molecule has 5 rings (SSSR count). The highest BCUT2D eigenvalue weighted by Crippen LogP contribution is 2.32. The number of carbonyl (C=O) groups excluding carboxylic acids is 1. The molecule has 2 amide bonds. The summed E-state index contributed by atoms with van der Waals surface area (Å²) < 4.78 is 38.1. The Morgan fingerprint density at radius 2 is 2.17 bits per heavy atom. The number of fused-ring (bicyclic) bond motifs is 1. The van der Waals surface area contributed by atoms with Gasteiger partial charge in [-0.15, -0.1) is 0 Å². The van der Waals surface area contributed by atoms with Crippen LogP contribution < -0.4 is 11.1 Å². The minimum Gasteiger partial charge on any atom is -0.398 e. The van der Waals surface area contributed by atoms with Crippen LogP contribution in [0, 0.1) is 23.8 Å². The lowest BCUT2D eigenvalue weighted by Gasteiger charge is -2.34. The molecule has 1 unspecified atom stereocenters. The number of hydrogen-bond donors (Lipinski definition) is 3. The van der Waals surface area contributed by atoms with E-state index in [0.717, 1.165) is 11.3 Å². The molecule has 0 aliphatic carbocycles. The van der Waals surface area contributed by atoms with Crippen LogP contribution in [0.2, 0.25) is 0 Å². The van der Waals surface area contributed by atoms with Crippen LogP contribution in [0.3, 0.4) is 0 Å². The van der Waals surface area contributed by atoms with Crippen molar-refractivity contribution in [1.29, 1.82) is 5.41 Å². The van der Waals surface area contributed by atoms with E-state index in [9.17, 15) is 18.0 Å². The number of halogens is 3. The predicted molar refractivity (Wildman–Crippen MR) is 133 cm³/mol. The zero-order chi connectivity index (χ0) is 25.9. The third kappa shape index (κ3) is 6.13. The lowest BCUT2D eigenvalue weighted by Crippen LogP contribution is -2.47. The second-order valence-corrected chi connectivity index (χ2v) is 9.39. The Morgan fingerprint density at radius 3 is 2.81 bits per heavy atom. The van der Waals surface area contributed by atoms with Crippen molar-refractivity contribution >= 4 is 34.5 Å². The van der Waals surface area contributed by atoms with E-state index in [0.29, 0.717) is 35.5 Å². The van der Waals surface area contributed by atoms with Crippen molar-refractivity contribution in [2.75, 3.05) is 30.7 Å². The molecule has 1 atom stereocenters. The Kier molecular flexibility index (Phi) is 7.47. The van der Waals surface area contributed by atoms with E-state index in [1.807, 2.05) is 18.4 Å². The molecular weight excluding hydrogens is 489 g/mol. The number of nitrogens with one attached hydrogen (secondary N) is 2. The number of hydrogen-bond acceptors (Lipinski definition) is 6. The summed E-state index contributed by atoms with van der Waals surface area (Å²) in [6, 6.07) is 10.9. The van der Waals surface area contributed by atoms with Gasteiger partial charge < -0.3 is 16.0 Å². The van der Waals surface area contributed by atoms with E-state index < -0.39 is 12.7 Å². The van der Waals surface area contributed by atoms with Crippen LogP contribution in [-0.2, 0) is 6.54 Å². The monoisotopic (exact) mass is 514 g/mol. The number of likely N-dealkylation sites (tertiary alicyclic amines) is 1. The number of alkyl halides is 3. The summed E-state index contributed by atoms with van der Waals surface area (Å²) in [6.45, 7) is 1.58. The lowest BCUT2D eigenvalue weighted by atomic mass is 9.96. The van der Waals surface area contributed by atoms with E-state index in [4.69, 9.17) is 11.1 Å². The Bertz CT molecular complexity index is 1210. The molecule has 1 saturated heterocycles. The maximum atomic E-state index is 12.7. The topological polar surface area (TPSA) is 98.3 Å². The van der Waals surface area contributed by atoms with Crippen LogP contribution >= 0.6 is 11.3 Å². The van der Waals surface area contributed by atoms with Gasteiger partial charge in [-0.25, -0.2) is 4.79 Å². The molecule has 0 bridgehead atoms. The molecule has 11 heteroatoms. The number of benzene rings is 1. The highest BCUT2D eigenvalue weighted by molar-refractivity contribution is 7.06. The average Bonchev–Trinajstić information content (AvgIpc) is 3.52. The second-order valence-electron chi connectivity index (χ2n) is 8.68. The fraction of sp³-hybridized carbons (Fsp3) is 0.320. The SMILES string of the molecule is Cc1cc(C(=N)c2cc3c(cc2N)NC(=O)N(C2CCN(CC(F)(F)F)C2)C3)ccn1.c1ccsc#1. The molecule has 2 aliphatic heterocycles. The highest BCUT2D eigenvalue weighted by atomic mass is 32.1. The second kappa shape index (κ2) is 10.6. The number of aromatic nitrogens is 1. The van der Waals surface area contributed by atoms with Crippen molar-refractivity contribution in [3.05, 3.63) is 75.7 Å². The third-order valence-corrected chi connectivity index (χ3v) is 6.51. The predicted octanol–water partition coefficient (Wildman–Crippen LogP) is 4.72. The summed E-state index contributed by atoms with van der Waals surface area (Å²) in [4.78, 5) is 19.6. The zero-order valence-electron chi connectivity index (χ0n) is 19.5. The van der Waals surface area contributed by atoms with Crippen molar-refractivity contribution in [1.82, 2.24) is 14.8 Å². The highest BCUT2D eigenvalue weighted by Gasteiger charge is 2.38. The number of nitrogens with two attached hydrogens (primary N) is 1. The quantitative estimate of drug-likeness (QED) is 0.347. The van der Waals surface area contributed by atoms with Crippen molar-refractivity contribution in [3.8, 4) is 0 Å². The lowest BCUT2D eigenvalue weighted by molar-refractivity contribution is -0.143. The molecule has 4 heterocycles. The van der Waals surface area contributed by atoms with Gasteiger partial charge in [-0.3, -0.25) is 15.3 Å². The van der Waals surface area contributed by atoms with Gasteiger partial charge >= 0.3 is 12.2 Å². The van der Waals surface area contributed by atoms with E-state index in [1.54, 1.807) is 35.4 Å². The number of nitrogen functional groups attached to an aromatic ring is 1. The maximum Gasteiger partial charge on any atom is 0.401 e. The number of carbonyl (C=O) groups is 1. The molecule has 2 aromatic heterocycles. The zero-order valence-corrected chi connectivity index (χ0v) is 20.3. The van der Waals surface area contributed by atoms with Gasteiger partial charge in [0.2, 0.25) is 0 Å². The number of anilines is 2. The molecule has 3 aromatic rings. The van der Waals surface area contributed by atoms with Gasteiger partial charge in [0.05, 0.1) is 12.3 Å². The number of aryl methyl sites for hydroxylation is 1. The van der Waals surface area contributed by atoms with Crippen LogP contribution in [0.5, 0.6) is 0 Å². The van der Waals surface area contributed by atoms with E-state index in [2.05, 4.69) is 21.7 Å². The van der Waals surface area contributed by atoms with Crippen molar-refractivity contribution in [2.45, 2.75) is 32.1 Å². The van der Waals surface area contributed by atoms with Gasteiger partial charge in [0.1, 0.15) is 0 Å². The molecule has 188 valence electrons. The average molecular weight is 515 g/mol. The molecule has 4 N–H and O–H groups in total. The van der Waals surface area contributed by atoms with Gasteiger partial charge in [-0.2, -0.15) is 13.2 Å². The fourth-order valence-electron chi connectivity index (χ4n) is 4.35. The van der Waals surface area contributed by atoms with E-state index >= 15 is 0 Å². The van der Waals surface area contributed by atoms with Crippen molar-refractivity contribution < 1.29 is 18.0 Å². The first-order chi connectivity index (χ1) is 17.1. The molecular formula is C25H25F3N6OS. The number of rotatable bonds is 4. The summed E-state index contributed by atoms with van der Waals surface area (Å²) in [5.41, 5.74) is 10.1. The van der Waals surface area contributed by atoms with Crippen LogP contribution in [0.4, 0.5) is 29.3 Å². The van der Waals surface area contributed by atoms with Gasteiger partial charge in [-0.1, -0.05) is 17.4 Å². The van der Waals surface area contributed by atoms with Gasteiger partial charge in [0, 0.05) is 65.4 Å². The Hall–Kier alpha value is -3.62. The molecule has 1 aromatic carbocycles. The first kappa shape index (κ1) is 25.5. The summed E-state index contributed by atoms with van der Waals surface area (Å²) in [5, 5.41) is 16.1. The largest absolute Gasteiger partial charge is 0.401 e. The molecule has 7 nitrogen and oxygen atoms in total. The van der Waals surface area contributed by atoms with E-state index in [1.165, 1.54) is 16.2 Å². The summed E-state index contributed by atoms with van der Waals surface area (Å²) in [6.07, 6.45) is -2.15. The van der Waals surface area contributed by atoms with Gasteiger partial charge in [-0.05, 0) is 54.6 Å². The third-order valence-electron chi connectivity index (χ3n) is 6.00. The molecule has 2 aliphatic rings. The Labute approximate surface area is 211 Å². The van der Waals surface area contributed by atoms with Crippen LogP contribution in [0.1, 0.15) is 28.8 Å². The van der Waals surface area contributed by atoms with Crippen LogP contribution in [0.15, 0.2) is 41.9 Å². The summed E-state index contributed by atoms with van der Waals surface area (Å²) >= 11 is 1.53.